The Bertz CT molecular complexity index is 806. The lowest BCUT2D eigenvalue weighted by Gasteiger charge is -2.24. The van der Waals surface area contributed by atoms with Gasteiger partial charge in [-0.15, -0.1) is 11.3 Å². The molecule has 0 spiro atoms. The van der Waals surface area contributed by atoms with Crippen LogP contribution in [-0.2, 0) is 11.2 Å². The van der Waals surface area contributed by atoms with E-state index < -0.39 is 0 Å². The van der Waals surface area contributed by atoms with Crippen LogP contribution in [0.3, 0.4) is 0 Å². The van der Waals surface area contributed by atoms with Crippen LogP contribution in [0.15, 0.2) is 16.6 Å². The van der Waals surface area contributed by atoms with Crippen molar-refractivity contribution in [3.8, 4) is 0 Å². The molecule has 1 aliphatic heterocycles. The Balaban J connectivity index is 1.99. The zero-order valence-electron chi connectivity index (χ0n) is 21.2. The van der Waals surface area contributed by atoms with Crippen molar-refractivity contribution in [2.45, 2.75) is 79.1 Å². The number of nitrogens with two attached hydrogens (primary N) is 2. The summed E-state index contributed by atoms with van der Waals surface area (Å²) in [6.07, 6.45) is 9.83. The quantitative estimate of drug-likeness (QED) is 0.335. The van der Waals surface area contributed by atoms with Crippen LogP contribution in [0.5, 0.6) is 0 Å². The molecule has 0 saturated carbocycles. The molecule has 1 aliphatic rings. The first-order valence-corrected chi connectivity index (χ1v) is 13.4. The largest absolute Gasteiger partial charge is 0.387 e. The molecule has 0 aliphatic carbocycles. The fraction of sp³-hybridized carbons (Fsp3) is 0.692. The minimum Gasteiger partial charge on any atom is -0.387 e. The molecule has 0 aromatic carbocycles. The average Bonchev–Trinajstić information content (AvgIpc) is 3.04. The Hall–Kier alpha value is -1.70. The van der Waals surface area contributed by atoms with Crippen molar-refractivity contribution >= 4 is 34.8 Å². The van der Waals surface area contributed by atoms with Gasteiger partial charge in [0.15, 0.2) is 0 Å². The summed E-state index contributed by atoms with van der Waals surface area (Å²) in [4.78, 5) is 22.4. The normalized spacial score (nSPS) is 13.8. The summed E-state index contributed by atoms with van der Waals surface area (Å²) in [5.41, 5.74) is 13.8. The van der Waals surface area contributed by atoms with Gasteiger partial charge in [0.2, 0.25) is 5.91 Å². The first kappa shape index (κ1) is 27.5. The molecule has 0 radical (unpaired) electrons. The highest BCUT2D eigenvalue weighted by Crippen LogP contribution is 2.35. The lowest BCUT2D eigenvalue weighted by Crippen LogP contribution is -2.36. The Morgan fingerprint density at radius 1 is 1.18 bits per heavy atom. The number of thiophene rings is 1. The SMILES string of the molecule is CCCN(CCCNCCC(C)(C)C)C(=O)C1=Cc2sc(CCCCCN)cc2N=C(N)C1. The molecule has 0 bridgehead atoms. The minimum atomic E-state index is 0.0930. The van der Waals surface area contributed by atoms with Gasteiger partial charge in [0, 0.05) is 30.0 Å². The average molecular weight is 476 g/mol. The topological polar surface area (TPSA) is 96.7 Å². The Morgan fingerprint density at radius 2 is 1.97 bits per heavy atom. The van der Waals surface area contributed by atoms with E-state index in [2.05, 4.69) is 44.1 Å². The van der Waals surface area contributed by atoms with Gasteiger partial charge in [-0.25, -0.2) is 4.99 Å². The number of hydrogen-bond donors (Lipinski definition) is 3. The van der Waals surface area contributed by atoms with Crippen molar-refractivity contribution in [1.29, 1.82) is 0 Å². The number of amides is 1. The van der Waals surface area contributed by atoms with E-state index in [1.165, 1.54) is 4.88 Å². The Labute approximate surface area is 204 Å². The van der Waals surface area contributed by atoms with E-state index in [9.17, 15) is 4.79 Å². The number of aliphatic imine (C=N–C) groups is 1. The van der Waals surface area contributed by atoms with Gasteiger partial charge in [0.1, 0.15) is 5.84 Å². The van der Waals surface area contributed by atoms with Gasteiger partial charge in [-0.3, -0.25) is 4.79 Å². The number of nitrogens with one attached hydrogen (secondary N) is 1. The van der Waals surface area contributed by atoms with Crippen molar-refractivity contribution in [2.75, 3.05) is 32.7 Å². The number of amidine groups is 1. The minimum absolute atomic E-state index is 0.0930. The Morgan fingerprint density at radius 3 is 2.67 bits per heavy atom. The molecule has 6 nitrogen and oxygen atoms in total. The maximum absolute atomic E-state index is 13.4. The second-order valence-corrected chi connectivity index (χ2v) is 11.4. The van der Waals surface area contributed by atoms with Gasteiger partial charge < -0.3 is 21.7 Å². The fourth-order valence-electron chi connectivity index (χ4n) is 3.89. The molecule has 0 fully saturated rings. The van der Waals surface area contributed by atoms with Crippen molar-refractivity contribution in [1.82, 2.24) is 10.2 Å². The van der Waals surface area contributed by atoms with E-state index in [0.717, 1.165) is 93.8 Å². The fourth-order valence-corrected chi connectivity index (χ4v) is 5.00. The molecule has 1 aromatic rings. The lowest BCUT2D eigenvalue weighted by atomic mass is 9.92. The number of rotatable bonds is 14. The molecule has 186 valence electrons. The lowest BCUT2D eigenvalue weighted by molar-refractivity contribution is -0.127. The summed E-state index contributed by atoms with van der Waals surface area (Å²) >= 11 is 1.73. The standard InChI is InChI=1S/C26H45N5OS/c1-5-15-31(16-9-13-29-14-11-26(2,3)4)25(32)20-17-23-22(30-24(28)18-20)19-21(33-23)10-7-6-8-12-27/h17,19,29H,5-16,18,27H2,1-4H3,(H2,28,30). The van der Waals surface area contributed by atoms with Crippen LogP contribution in [0.2, 0.25) is 0 Å². The number of nitrogens with zero attached hydrogens (tertiary/aromatic N) is 2. The van der Waals surface area contributed by atoms with Crippen LogP contribution in [0.1, 0.15) is 82.4 Å². The summed E-state index contributed by atoms with van der Waals surface area (Å²) < 4.78 is 0. The highest BCUT2D eigenvalue weighted by molar-refractivity contribution is 7.13. The molecule has 1 amide bonds. The third kappa shape index (κ3) is 9.98. The Kier molecular flexibility index (Phi) is 11.6. The number of carbonyl (C=O) groups is 1. The van der Waals surface area contributed by atoms with Gasteiger partial charge in [0.05, 0.1) is 10.6 Å². The molecule has 0 atom stereocenters. The molecule has 2 heterocycles. The van der Waals surface area contributed by atoms with E-state index >= 15 is 0 Å². The number of carbonyl (C=O) groups excluding carboxylic acids is 1. The van der Waals surface area contributed by atoms with Crippen molar-refractivity contribution in [3.05, 3.63) is 21.4 Å². The number of hydrogen-bond acceptors (Lipinski definition) is 6. The van der Waals surface area contributed by atoms with Gasteiger partial charge >= 0.3 is 0 Å². The summed E-state index contributed by atoms with van der Waals surface area (Å²) in [6, 6.07) is 2.13. The molecule has 33 heavy (non-hydrogen) atoms. The number of fused-ring (bicyclic) bond motifs is 1. The van der Waals surface area contributed by atoms with E-state index in [-0.39, 0.29) is 5.91 Å². The summed E-state index contributed by atoms with van der Waals surface area (Å²) in [5, 5.41) is 3.52. The molecule has 1 aromatic heterocycles. The monoisotopic (exact) mass is 475 g/mol. The van der Waals surface area contributed by atoms with Crippen molar-refractivity contribution < 1.29 is 4.79 Å². The smallest absolute Gasteiger partial charge is 0.250 e. The predicted molar refractivity (Wildman–Crippen MR) is 143 cm³/mol. The first-order chi connectivity index (χ1) is 15.7. The molecule has 0 saturated heterocycles. The maximum Gasteiger partial charge on any atom is 0.250 e. The zero-order valence-corrected chi connectivity index (χ0v) is 22.0. The summed E-state index contributed by atoms with van der Waals surface area (Å²) in [6.45, 7) is 13.1. The van der Waals surface area contributed by atoms with E-state index in [1.807, 2.05) is 11.0 Å². The van der Waals surface area contributed by atoms with Gasteiger partial charge in [-0.05, 0) is 75.7 Å². The number of aryl methyl sites for hydroxylation is 1. The highest BCUT2D eigenvalue weighted by atomic mass is 32.1. The third-order valence-corrected chi connectivity index (χ3v) is 6.88. The molecule has 0 unspecified atom stereocenters. The molecular weight excluding hydrogens is 430 g/mol. The van der Waals surface area contributed by atoms with Crippen molar-refractivity contribution in [2.24, 2.45) is 21.9 Å². The molecule has 7 heteroatoms. The second kappa shape index (κ2) is 13.9. The van der Waals surface area contributed by atoms with Crippen molar-refractivity contribution in [3.63, 3.8) is 0 Å². The van der Waals surface area contributed by atoms with E-state index in [4.69, 9.17) is 11.5 Å². The molecule has 5 N–H and O–H groups in total. The van der Waals surface area contributed by atoms with Gasteiger partial charge in [0.25, 0.3) is 0 Å². The summed E-state index contributed by atoms with van der Waals surface area (Å²) in [5.74, 6) is 0.608. The predicted octanol–water partition coefficient (Wildman–Crippen LogP) is 4.85. The van der Waals surface area contributed by atoms with E-state index in [0.29, 0.717) is 17.7 Å². The third-order valence-electron chi connectivity index (χ3n) is 5.75. The van der Waals surface area contributed by atoms with Crippen LogP contribution in [0.4, 0.5) is 5.69 Å². The van der Waals surface area contributed by atoms with Crippen LogP contribution in [-0.4, -0.2) is 49.4 Å². The second-order valence-electron chi connectivity index (χ2n) is 10.2. The van der Waals surface area contributed by atoms with Crippen LogP contribution in [0.25, 0.3) is 6.08 Å². The van der Waals surface area contributed by atoms with Gasteiger partial charge in [-0.2, -0.15) is 0 Å². The van der Waals surface area contributed by atoms with Gasteiger partial charge in [-0.1, -0.05) is 34.1 Å². The zero-order chi connectivity index (χ0) is 24.3. The maximum atomic E-state index is 13.4. The van der Waals surface area contributed by atoms with Crippen LogP contribution < -0.4 is 16.8 Å². The number of unbranched alkanes of at least 4 members (excludes halogenated alkanes) is 2. The van der Waals surface area contributed by atoms with Crippen LogP contribution >= 0.6 is 11.3 Å². The highest BCUT2D eigenvalue weighted by Gasteiger charge is 2.22. The van der Waals surface area contributed by atoms with E-state index in [1.54, 1.807) is 11.3 Å². The molecular formula is C26H45N5OS. The molecule has 2 rings (SSSR count). The summed E-state index contributed by atoms with van der Waals surface area (Å²) in [7, 11) is 0. The first-order valence-electron chi connectivity index (χ1n) is 12.6. The van der Waals surface area contributed by atoms with Crippen LogP contribution in [0, 0.1) is 5.41 Å².